The third kappa shape index (κ3) is 1.96. The first kappa shape index (κ1) is 9.49. The van der Waals surface area contributed by atoms with E-state index in [1.54, 1.807) is 0 Å². The average Bonchev–Trinajstić information content (AvgIpc) is 2.08. The molecule has 0 saturated carbocycles. The highest BCUT2D eigenvalue weighted by molar-refractivity contribution is 14.1. The summed E-state index contributed by atoms with van der Waals surface area (Å²) >= 11 is 2.25. The van der Waals surface area contributed by atoms with Gasteiger partial charge in [0.15, 0.2) is 0 Å². The molecule has 1 rings (SSSR count). The third-order valence-corrected chi connectivity index (χ3v) is 2.89. The van der Waals surface area contributed by atoms with Gasteiger partial charge < -0.3 is 5.73 Å². The molecule has 12 heavy (non-hydrogen) atoms. The van der Waals surface area contributed by atoms with E-state index in [-0.39, 0.29) is 0 Å². The van der Waals surface area contributed by atoms with Crippen molar-refractivity contribution in [1.29, 1.82) is 5.26 Å². The van der Waals surface area contributed by atoms with Gasteiger partial charge >= 0.3 is 0 Å². The third-order valence-electron chi connectivity index (χ3n) is 1.68. The number of nitriles is 1. The lowest BCUT2D eigenvalue weighted by atomic mass is 10.1. The van der Waals surface area contributed by atoms with E-state index in [1.807, 2.05) is 31.2 Å². The molecule has 2 N–H and O–H groups in total. The van der Waals surface area contributed by atoms with Crippen LogP contribution in [0.15, 0.2) is 18.2 Å². The standard InChI is InChI=1S/C9H9IN2/c1-6-4-7(9(12)5-11)2-3-8(6)10/h2-4,9H,12H2,1H3. The summed E-state index contributed by atoms with van der Waals surface area (Å²) in [5, 5.41) is 8.57. The number of benzene rings is 1. The summed E-state index contributed by atoms with van der Waals surface area (Å²) in [6.45, 7) is 2.01. The van der Waals surface area contributed by atoms with Gasteiger partial charge in [0.25, 0.3) is 0 Å². The Kier molecular flexibility index (Phi) is 3.06. The van der Waals surface area contributed by atoms with Crippen molar-refractivity contribution in [3.8, 4) is 6.07 Å². The molecule has 1 atom stereocenters. The molecule has 1 unspecified atom stereocenters. The van der Waals surface area contributed by atoms with Crippen molar-refractivity contribution in [2.75, 3.05) is 0 Å². The van der Waals surface area contributed by atoms with Crippen molar-refractivity contribution in [1.82, 2.24) is 0 Å². The lowest BCUT2D eigenvalue weighted by molar-refractivity contribution is 0.923. The first-order valence-corrected chi connectivity index (χ1v) is 4.64. The van der Waals surface area contributed by atoms with Gasteiger partial charge in [0.2, 0.25) is 0 Å². The second-order valence-corrected chi connectivity index (χ2v) is 3.78. The fourth-order valence-corrected chi connectivity index (χ4v) is 1.27. The van der Waals surface area contributed by atoms with Gasteiger partial charge in [-0.1, -0.05) is 12.1 Å². The Morgan fingerprint density at radius 1 is 1.58 bits per heavy atom. The molecular weight excluding hydrogens is 263 g/mol. The maximum atomic E-state index is 8.57. The van der Waals surface area contributed by atoms with Gasteiger partial charge in [0.1, 0.15) is 6.04 Å². The summed E-state index contributed by atoms with van der Waals surface area (Å²) in [5.74, 6) is 0. The number of hydrogen-bond donors (Lipinski definition) is 1. The monoisotopic (exact) mass is 272 g/mol. The maximum Gasteiger partial charge on any atom is 0.118 e. The highest BCUT2D eigenvalue weighted by Crippen LogP contribution is 2.16. The van der Waals surface area contributed by atoms with Crippen LogP contribution in [0.25, 0.3) is 0 Å². The zero-order chi connectivity index (χ0) is 9.14. The summed E-state index contributed by atoms with van der Waals surface area (Å²) in [4.78, 5) is 0. The smallest absolute Gasteiger partial charge is 0.118 e. The van der Waals surface area contributed by atoms with Crippen LogP contribution in [0.3, 0.4) is 0 Å². The zero-order valence-electron chi connectivity index (χ0n) is 6.71. The van der Waals surface area contributed by atoms with Crippen molar-refractivity contribution < 1.29 is 0 Å². The molecule has 0 aliphatic carbocycles. The minimum atomic E-state index is -0.499. The van der Waals surface area contributed by atoms with Crippen molar-refractivity contribution in [3.05, 3.63) is 32.9 Å². The van der Waals surface area contributed by atoms with Crippen LogP contribution in [0.4, 0.5) is 0 Å². The Bertz CT molecular complexity index is 328. The molecule has 0 bridgehead atoms. The van der Waals surface area contributed by atoms with Crippen LogP contribution in [0.1, 0.15) is 17.2 Å². The number of rotatable bonds is 1. The first-order valence-electron chi connectivity index (χ1n) is 3.56. The normalized spacial score (nSPS) is 12.2. The minimum Gasteiger partial charge on any atom is -0.312 e. The molecule has 2 nitrogen and oxygen atoms in total. The predicted molar refractivity (Wildman–Crippen MR) is 56.4 cm³/mol. The van der Waals surface area contributed by atoms with Crippen molar-refractivity contribution in [2.45, 2.75) is 13.0 Å². The summed E-state index contributed by atoms with van der Waals surface area (Å²) in [6.07, 6.45) is 0. The molecule has 0 aliphatic heterocycles. The minimum absolute atomic E-state index is 0.499. The van der Waals surface area contributed by atoms with E-state index in [4.69, 9.17) is 11.0 Å². The number of aryl methyl sites for hydroxylation is 1. The number of hydrogen-bond acceptors (Lipinski definition) is 2. The molecule has 0 aromatic heterocycles. The van der Waals surface area contributed by atoms with Crippen LogP contribution in [0, 0.1) is 21.8 Å². The second-order valence-electron chi connectivity index (χ2n) is 2.62. The van der Waals surface area contributed by atoms with E-state index in [0.717, 1.165) is 5.56 Å². The fraction of sp³-hybridized carbons (Fsp3) is 0.222. The van der Waals surface area contributed by atoms with E-state index in [9.17, 15) is 0 Å². The van der Waals surface area contributed by atoms with E-state index in [2.05, 4.69) is 22.6 Å². The Labute approximate surface area is 85.5 Å². The Morgan fingerprint density at radius 2 is 2.25 bits per heavy atom. The van der Waals surface area contributed by atoms with Crippen LogP contribution < -0.4 is 5.73 Å². The van der Waals surface area contributed by atoms with E-state index in [1.165, 1.54) is 9.13 Å². The summed E-state index contributed by atoms with van der Waals surface area (Å²) in [7, 11) is 0. The highest BCUT2D eigenvalue weighted by Gasteiger charge is 2.04. The lowest BCUT2D eigenvalue weighted by Gasteiger charge is -2.04. The van der Waals surface area contributed by atoms with Gasteiger partial charge in [-0.15, -0.1) is 0 Å². The molecule has 0 heterocycles. The predicted octanol–water partition coefficient (Wildman–Crippen LogP) is 2.12. The molecule has 1 aromatic carbocycles. The molecule has 0 radical (unpaired) electrons. The van der Waals surface area contributed by atoms with Gasteiger partial charge in [-0.25, -0.2) is 0 Å². The molecule has 0 spiro atoms. The summed E-state index contributed by atoms with van der Waals surface area (Å²) in [5.41, 5.74) is 7.60. The van der Waals surface area contributed by atoms with Crippen molar-refractivity contribution in [2.24, 2.45) is 5.73 Å². The van der Waals surface area contributed by atoms with Crippen LogP contribution in [-0.2, 0) is 0 Å². The van der Waals surface area contributed by atoms with Gasteiger partial charge in [-0.2, -0.15) is 5.26 Å². The zero-order valence-corrected chi connectivity index (χ0v) is 8.87. The molecule has 0 amide bonds. The topological polar surface area (TPSA) is 49.8 Å². The number of nitrogens with two attached hydrogens (primary N) is 1. The van der Waals surface area contributed by atoms with Gasteiger partial charge in [-0.05, 0) is 46.7 Å². The molecule has 62 valence electrons. The second kappa shape index (κ2) is 3.87. The Morgan fingerprint density at radius 3 is 2.75 bits per heavy atom. The highest BCUT2D eigenvalue weighted by atomic mass is 127. The first-order chi connectivity index (χ1) is 5.65. The largest absolute Gasteiger partial charge is 0.312 e. The quantitative estimate of drug-likeness (QED) is 0.796. The summed E-state index contributed by atoms with van der Waals surface area (Å²) in [6, 6.07) is 7.32. The van der Waals surface area contributed by atoms with E-state index in [0.29, 0.717) is 0 Å². The van der Waals surface area contributed by atoms with Crippen molar-refractivity contribution in [3.63, 3.8) is 0 Å². The Balaban J connectivity index is 3.06. The fourth-order valence-electron chi connectivity index (χ4n) is 0.936. The number of halogens is 1. The average molecular weight is 272 g/mol. The molecule has 1 aromatic rings. The van der Waals surface area contributed by atoms with Gasteiger partial charge in [-0.3, -0.25) is 0 Å². The SMILES string of the molecule is Cc1cc(C(N)C#N)ccc1I. The van der Waals surface area contributed by atoms with Crippen LogP contribution in [0.5, 0.6) is 0 Å². The maximum absolute atomic E-state index is 8.57. The van der Waals surface area contributed by atoms with Crippen LogP contribution in [0.2, 0.25) is 0 Å². The molecule has 0 aliphatic rings. The Hall–Kier alpha value is -0.600. The lowest BCUT2D eigenvalue weighted by Crippen LogP contribution is -2.07. The molecule has 0 saturated heterocycles. The van der Waals surface area contributed by atoms with Crippen LogP contribution >= 0.6 is 22.6 Å². The van der Waals surface area contributed by atoms with E-state index >= 15 is 0 Å². The van der Waals surface area contributed by atoms with Crippen LogP contribution in [-0.4, -0.2) is 0 Å². The van der Waals surface area contributed by atoms with Gasteiger partial charge in [0.05, 0.1) is 6.07 Å². The van der Waals surface area contributed by atoms with Gasteiger partial charge in [0, 0.05) is 3.57 Å². The van der Waals surface area contributed by atoms with E-state index < -0.39 is 6.04 Å². The summed E-state index contributed by atoms with van der Waals surface area (Å²) < 4.78 is 1.20. The van der Waals surface area contributed by atoms with Crippen molar-refractivity contribution >= 4 is 22.6 Å². The number of nitrogens with zero attached hydrogens (tertiary/aromatic N) is 1. The molecule has 0 fully saturated rings. The molecular formula is C9H9IN2. The molecule has 3 heteroatoms.